The number of piperazine rings is 1. The average molecular weight is 251 g/mol. The fraction of sp³-hybridized carbons (Fsp3) is 0.417. The van der Waals surface area contributed by atoms with Gasteiger partial charge in [0.25, 0.3) is 0 Å². The summed E-state index contributed by atoms with van der Waals surface area (Å²) in [6.07, 6.45) is 0. The maximum atomic E-state index is 11.3. The number of amides is 1. The first-order chi connectivity index (χ1) is 8.58. The van der Waals surface area contributed by atoms with Crippen molar-refractivity contribution in [2.75, 3.05) is 19.6 Å². The van der Waals surface area contributed by atoms with Crippen molar-refractivity contribution in [3.8, 4) is 11.5 Å². The molecule has 98 valence electrons. The second-order valence-electron chi connectivity index (χ2n) is 4.41. The molecule has 1 aliphatic rings. The molecule has 1 unspecified atom stereocenters. The van der Waals surface area contributed by atoms with Gasteiger partial charge in [-0.15, -0.1) is 0 Å². The standard InChI is InChI=1S/C12H17N3O3/c13-12(18)10-6-14-3-4-15(10)7-8-1-2-9(16)5-11(8)17/h1-2,5,10,14,16-17H,3-4,6-7H2,(H2,13,18). The molecule has 0 aliphatic carbocycles. The summed E-state index contributed by atoms with van der Waals surface area (Å²) in [5.41, 5.74) is 6.02. The molecule has 2 rings (SSSR count). The molecule has 1 heterocycles. The first-order valence-corrected chi connectivity index (χ1v) is 5.83. The van der Waals surface area contributed by atoms with E-state index in [0.29, 0.717) is 25.2 Å². The number of rotatable bonds is 3. The van der Waals surface area contributed by atoms with Crippen molar-refractivity contribution in [3.05, 3.63) is 23.8 Å². The lowest BCUT2D eigenvalue weighted by atomic mass is 10.1. The molecule has 0 saturated carbocycles. The number of aromatic hydroxyl groups is 2. The molecule has 18 heavy (non-hydrogen) atoms. The van der Waals surface area contributed by atoms with Gasteiger partial charge in [-0.05, 0) is 6.07 Å². The highest BCUT2D eigenvalue weighted by molar-refractivity contribution is 5.80. The molecule has 6 nitrogen and oxygen atoms in total. The van der Waals surface area contributed by atoms with Gasteiger partial charge in [-0.2, -0.15) is 0 Å². The predicted octanol–water partition coefficient (Wildman–Crippen LogP) is -0.643. The Hall–Kier alpha value is -1.79. The quantitative estimate of drug-likeness (QED) is 0.572. The van der Waals surface area contributed by atoms with E-state index >= 15 is 0 Å². The zero-order valence-corrected chi connectivity index (χ0v) is 9.97. The number of benzene rings is 1. The van der Waals surface area contributed by atoms with Crippen molar-refractivity contribution in [1.82, 2.24) is 10.2 Å². The maximum absolute atomic E-state index is 11.3. The van der Waals surface area contributed by atoms with Crippen LogP contribution in [-0.2, 0) is 11.3 Å². The smallest absolute Gasteiger partial charge is 0.236 e. The number of phenolic OH excluding ortho intramolecular Hbond substituents is 2. The molecule has 1 saturated heterocycles. The third-order valence-electron chi connectivity index (χ3n) is 3.12. The first-order valence-electron chi connectivity index (χ1n) is 5.83. The van der Waals surface area contributed by atoms with Gasteiger partial charge in [-0.1, -0.05) is 6.07 Å². The lowest BCUT2D eigenvalue weighted by Crippen LogP contribution is -2.56. The fourth-order valence-electron chi connectivity index (χ4n) is 2.12. The normalized spacial score (nSPS) is 20.8. The third-order valence-corrected chi connectivity index (χ3v) is 3.12. The fourth-order valence-corrected chi connectivity index (χ4v) is 2.12. The molecule has 1 aromatic carbocycles. The van der Waals surface area contributed by atoms with Crippen molar-refractivity contribution >= 4 is 5.91 Å². The Morgan fingerprint density at radius 1 is 1.50 bits per heavy atom. The molecule has 0 bridgehead atoms. The highest BCUT2D eigenvalue weighted by atomic mass is 16.3. The summed E-state index contributed by atoms with van der Waals surface area (Å²) in [5, 5.41) is 22.1. The van der Waals surface area contributed by atoms with Crippen LogP contribution < -0.4 is 11.1 Å². The summed E-state index contributed by atoms with van der Waals surface area (Å²) in [6.45, 7) is 2.42. The van der Waals surface area contributed by atoms with Crippen LogP contribution in [-0.4, -0.2) is 46.7 Å². The monoisotopic (exact) mass is 251 g/mol. The lowest BCUT2D eigenvalue weighted by Gasteiger charge is -2.34. The number of nitrogens with one attached hydrogen (secondary N) is 1. The van der Waals surface area contributed by atoms with Gasteiger partial charge in [-0.3, -0.25) is 9.69 Å². The minimum atomic E-state index is -0.375. The van der Waals surface area contributed by atoms with Crippen LogP contribution in [0.15, 0.2) is 18.2 Å². The number of carbonyl (C=O) groups is 1. The highest BCUT2D eigenvalue weighted by Gasteiger charge is 2.27. The molecular weight excluding hydrogens is 234 g/mol. The van der Waals surface area contributed by atoms with E-state index in [2.05, 4.69) is 5.32 Å². The SMILES string of the molecule is NC(=O)C1CNCCN1Cc1ccc(O)cc1O. The first kappa shape index (κ1) is 12.7. The van der Waals surface area contributed by atoms with E-state index in [-0.39, 0.29) is 23.4 Å². The number of hydrogen-bond acceptors (Lipinski definition) is 5. The Morgan fingerprint density at radius 2 is 2.28 bits per heavy atom. The molecule has 0 aromatic heterocycles. The van der Waals surface area contributed by atoms with Crippen LogP contribution in [0.25, 0.3) is 0 Å². The Kier molecular flexibility index (Phi) is 3.69. The number of carbonyl (C=O) groups excluding carboxylic acids is 1. The second-order valence-corrected chi connectivity index (χ2v) is 4.41. The van der Waals surface area contributed by atoms with Crippen LogP contribution in [0.1, 0.15) is 5.56 Å². The van der Waals surface area contributed by atoms with Crippen molar-refractivity contribution in [3.63, 3.8) is 0 Å². The van der Waals surface area contributed by atoms with Crippen LogP contribution in [0.3, 0.4) is 0 Å². The van der Waals surface area contributed by atoms with E-state index in [1.54, 1.807) is 6.07 Å². The van der Waals surface area contributed by atoms with Gasteiger partial charge in [0.15, 0.2) is 0 Å². The maximum Gasteiger partial charge on any atom is 0.236 e. The molecule has 1 aromatic rings. The van der Waals surface area contributed by atoms with Crippen molar-refractivity contribution in [2.45, 2.75) is 12.6 Å². The van der Waals surface area contributed by atoms with Gasteiger partial charge in [0.05, 0.1) is 0 Å². The lowest BCUT2D eigenvalue weighted by molar-refractivity contribution is -0.124. The van der Waals surface area contributed by atoms with Crippen molar-refractivity contribution in [2.24, 2.45) is 5.73 Å². The zero-order chi connectivity index (χ0) is 13.1. The largest absolute Gasteiger partial charge is 0.508 e. The third kappa shape index (κ3) is 2.72. The summed E-state index contributed by atoms with van der Waals surface area (Å²) >= 11 is 0. The molecule has 5 N–H and O–H groups in total. The molecule has 6 heteroatoms. The van der Waals surface area contributed by atoms with Gasteiger partial charge in [0.1, 0.15) is 17.5 Å². The molecule has 1 amide bonds. The number of primary amides is 1. The number of nitrogens with two attached hydrogens (primary N) is 1. The molecule has 1 aliphatic heterocycles. The van der Waals surface area contributed by atoms with Crippen LogP contribution in [0.2, 0.25) is 0 Å². The molecule has 1 fully saturated rings. The minimum absolute atomic E-state index is 0.0167. The second kappa shape index (κ2) is 5.24. The Bertz CT molecular complexity index is 450. The van der Waals surface area contributed by atoms with Crippen LogP contribution in [0.5, 0.6) is 11.5 Å². The topological polar surface area (TPSA) is 98.8 Å². The summed E-state index contributed by atoms with van der Waals surface area (Å²) < 4.78 is 0. The van der Waals surface area contributed by atoms with Crippen LogP contribution in [0, 0.1) is 0 Å². The Labute approximate surface area is 105 Å². The van der Waals surface area contributed by atoms with Gasteiger partial charge in [0, 0.05) is 37.8 Å². The summed E-state index contributed by atoms with van der Waals surface area (Å²) in [6, 6.07) is 4.07. The molecule has 0 radical (unpaired) electrons. The van der Waals surface area contributed by atoms with Gasteiger partial charge >= 0.3 is 0 Å². The van der Waals surface area contributed by atoms with Crippen LogP contribution in [0.4, 0.5) is 0 Å². The molecule has 0 spiro atoms. The number of nitrogens with zero attached hydrogens (tertiary/aromatic N) is 1. The predicted molar refractivity (Wildman–Crippen MR) is 66.0 cm³/mol. The Morgan fingerprint density at radius 3 is 2.94 bits per heavy atom. The minimum Gasteiger partial charge on any atom is -0.508 e. The van der Waals surface area contributed by atoms with E-state index in [1.807, 2.05) is 4.90 Å². The number of hydrogen-bond donors (Lipinski definition) is 4. The molecular formula is C12H17N3O3. The highest BCUT2D eigenvalue weighted by Crippen LogP contribution is 2.24. The average Bonchev–Trinajstić information content (AvgIpc) is 2.33. The van der Waals surface area contributed by atoms with Gasteiger partial charge in [0.2, 0.25) is 5.91 Å². The van der Waals surface area contributed by atoms with Crippen LogP contribution >= 0.6 is 0 Å². The van der Waals surface area contributed by atoms with Gasteiger partial charge < -0.3 is 21.3 Å². The van der Waals surface area contributed by atoms with Gasteiger partial charge in [-0.25, -0.2) is 0 Å². The van der Waals surface area contributed by atoms with E-state index in [4.69, 9.17) is 5.73 Å². The summed E-state index contributed by atoms with van der Waals surface area (Å²) in [7, 11) is 0. The Balaban J connectivity index is 2.13. The van der Waals surface area contributed by atoms with Crippen molar-refractivity contribution < 1.29 is 15.0 Å². The van der Waals surface area contributed by atoms with E-state index in [0.717, 1.165) is 6.54 Å². The number of phenols is 2. The summed E-state index contributed by atoms with van der Waals surface area (Å²) in [5.74, 6) is -0.333. The summed E-state index contributed by atoms with van der Waals surface area (Å²) in [4.78, 5) is 13.3. The zero-order valence-electron chi connectivity index (χ0n) is 9.97. The molecule has 1 atom stereocenters. The van der Waals surface area contributed by atoms with E-state index in [1.165, 1.54) is 12.1 Å². The van der Waals surface area contributed by atoms with Crippen molar-refractivity contribution in [1.29, 1.82) is 0 Å². The van der Waals surface area contributed by atoms with E-state index in [9.17, 15) is 15.0 Å². The van der Waals surface area contributed by atoms with E-state index < -0.39 is 0 Å².